The molecule has 2 heterocycles. The Hall–Kier alpha value is -3.22. The van der Waals surface area contributed by atoms with Gasteiger partial charge < -0.3 is 14.6 Å². The van der Waals surface area contributed by atoms with E-state index in [1.165, 1.54) is 0 Å². The molecular formula is C18H18N4O3. The third kappa shape index (κ3) is 4.63. The second-order valence-corrected chi connectivity index (χ2v) is 5.37. The van der Waals surface area contributed by atoms with Crippen LogP contribution in [0.15, 0.2) is 59.4 Å². The zero-order valence-electron chi connectivity index (χ0n) is 13.8. The molecular weight excluding hydrogens is 320 g/mol. The van der Waals surface area contributed by atoms with Crippen LogP contribution in [0.25, 0.3) is 11.5 Å². The van der Waals surface area contributed by atoms with Crippen LogP contribution in [0.5, 0.6) is 5.75 Å². The number of aromatic nitrogens is 3. The first kappa shape index (κ1) is 16.6. The third-order valence-corrected chi connectivity index (χ3v) is 3.47. The van der Waals surface area contributed by atoms with Crippen molar-refractivity contribution in [2.45, 2.75) is 19.4 Å². The Morgan fingerprint density at radius 3 is 2.72 bits per heavy atom. The summed E-state index contributed by atoms with van der Waals surface area (Å²) in [6, 6.07) is 12.8. The topological polar surface area (TPSA) is 90.1 Å². The molecule has 7 nitrogen and oxygen atoms in total. The van der Waals surface area contributed by atoms with Crippen LogP contribution in [0.4, 0.5) is 0 Å². The molecule has 128 valence electrons. The van der Waals surface area contributed by atoms with Crippen LogP contribution in [0.2, 0.25) is 0 Å². The molecule has 7 heteroatoms. The predicted molar refractivity (Wildman–Crippen MR) is 90.8 cm³/mol. The molecule has 0 aliphatic rings. The van der Waals surface area contributed by atoms with Gasteiger partial charge in [-0.15, -0.1) is 0 Å². The second kappa shape index (κ2) is 8.05. The molecule has 0 bridgehead atoms. The average Bonchev–Trinajstić information content (AvgIpc) is 3.12. The molecule has 0 spiro atoms. The van der Waals surface area contributed by atoms with Crippen LogP contribution < -0.4 is 10.1 Å². The average molecular weight is 338 g/mol. The molecule has 0 aliphatic carbocycles. The van der Waals surface area contributed by atoms with Gasteiger partial charge in [-0.05, 0) is 31.2 Å². The molecule has 1 N–H and O–H groups in total. The molecule has 3 rings (SSSR count). The number of carbonyl (C=O) groups excluding carboxylic acids is 1. The highest BCUT2D eigenvalue weighted by Crippen LogP contribution is 2.15. The molecule has 3 aromatic rings. The van der Waals surface area contributed by atoms with Crippen molar-refractivity contribution in [3.05, 3.63) is 60.7 Å². The Labute approximate surface area is 145 Å². The highest BCUT2D eigenvalue weighted by Gasteiger charge is 2.15. The Morgan fingerprint density at radius 1 is 1.20 bits per heavy atom. The first-order chi connectivity index (χ1) is 12.2. The summed E-state index contributed by atoms with van der Waals surface area (Å²) in [5.74, 6) is 1.43. The molecule has 0 fully saturated rings. The van der Waals surface area contributed by atoms with Crippen molar-refractivity contribution >= 4 is 5.91 Å². The number of pyridine rings is 1. The largest absolute Gasteiger partial charge is 0.481 e. The number of hydrogen-bond acceptors (Lipinski definition) is 6. The molecule has 2 aromatic heterocycles. The standard InChI is InChI=1S/C18H18N4O3/c1-13(24-15-5-3-2-4-6-15)17(23)20-12-9-16-21-18(25-22-16)14-7-10-19-11-8-14/h2-8,10-11,13H,9,12H2,1H3,(H,20,23). The van der Waals surface area contributed by atoms with Crippen LogP contribution in [0, 0.1) is 0 Å². The van der Waals surface area contributed by atoms with E-state index in [4.69, 9.17) is 9.26 Å². The summed E-state index contributed by atoms with van der Waals surface area (Å²) in [4.78, 5) is 20.3. The van der Waals surface area contributed by atoms with E-state index in [1.54, 1.807) is 31.5 Å². The van der Waals surface area contributed by atoms with Crippen molar-refractivity contribution in [2.24, 2.45) is 0 Å². The van der Waals surface area contributed by atoms with E-state index in [0.29, 0.717) is 30.4 Å². The van der Waals surface area contributed by atoms with E-state index in [2.05, 4.69) is 20.4 Å². The smallest absolute Gasteiger partial charge is 0.260 e. The van der Waals surface area contributed by atoms with Crippen LogP contribution >= 0.6 is 0 Å². The summed E-state index contributed by atoms with van der Waals surface area (Å²) in [5, 5.41) is 6.72. The third-order valence-electron chi connectivity index (χ3n) is 3.47. The summed E-state index contributed by atoms with van der Waals surface area (Å²) < 4.78 is 10.8. The highest BCUT2D eigenvalue weighted by atomic mass is 16.5. The van der Waals surface area contributed by atoms with Gasteiger partial charge in [-0.2, -0.15) is 4.98 Å². The minimum atomic E-state index is -0.583. The fourth-order valence-electron chi connectivity index (χ4n) is 2.17. The minimum Gasteiger partial charge on any atom is -0.481 e. The van der Waals surface area contributed by atoms with Crippen molar-refractivity contribution in [1.29, 1.82) is 0 Å². The maximum atomic E-state index is 12.1. The lowest BCUT2D eigenvalue weighted by Gasteiger charge is -2.14. The van der Waals surface area contributed by atoms with Gasteiger partial charge in [0.2, 0.25) is 0 Å². The molecule has 1 atom stereocenters. The van der Waals surface area contributed by atoms with Gasteiger partial charge in [0.1, 0.15) is 5.75 Å². The highest BCUT2D eigenvalue weighted by molar-refractivity contribution is 5.80. The quantitative estimate of drug-likeness (QED) is 0.711. The molecule has 0 saturated carbocycles. The van der Waals surface area contributed by atoms with Gasteiger partial charge in [0.15, 0.2) is 11.9 Å². The summed E-state index contributed by atoms with van der Waals surface area (Å²) in [7, 11) is 0. The van der Waals surface area contributed by atoms with Crippen molar-refractivity contribution in [1.82, 2.24) is 20.4 Å². The Bertz CT molecular complexity index is 805. The number of ether oxygens (including phenoxy) is 1. The van der Waals surface area contributed by atoms with Gasteiger partial charge in [-0.25, -0.2) is 0 Å². The number of benzene rings is 1. The fourth-order valence-corrected chi connectivity index (χ4v) is 2.17. The fraction of sp³-hybridized carbons (Fsp3) is 0.222. The number of nitrogens with zero attached hydrogens (tertiary/aromatic N) is 3. The van der Waals surface area contributed by atoms with Gasteiger partial charge in [-0.3, -0.25) is 9.78 Å². The lowest BCUT2D eigenvalue weighted by atomic mass is 10.3. The minimum absolute atomic E-state index is 0.193. The van der Waals surface area contributed by atoms with E-state index >= 15 is 0 Å². The second-order valence-electron chi connectivity index (χ2n) is 5.37. The Balaban J connectivity index is 1.46. The normalized spacial score (nSPS) is 11.7. The van der Waals surface area contributed by atoms with Gasteiger partial charge in [0.25, 0.3) is 11.8 Å². The molecule has 0 aliphatic heterocycles. The van der Waals surface area contributed by atoms with E-state index in [-0.39, 0.29) is 5.91 Å². The van der Waals surface area contributed by atoms with E-state index in [1.807, 2.05) is 30.3 Å². The number of carbonyl (C=O) groups is 1. The number of hydrogen-bond donors (Lipinski definition) is 1. The first-order valence-electron chi connectivity index (χ1n) is 7.95. The van der Waals surface area contributed by atoms with Crippen molar-refractivity contribution in [3.63, 3.8) is 0 Å². The van der Waals surface area contributed by atoms with Crippen LogP contribution in [-0.4, -0.2) is 33.7 Å². The zero-order valence-corrected chi connectivity index (χ0v) is 13.8. The summed E-state index contributed by atoms with van der Waals surface area (Å²) in [5.41, 5.74) is 0.808. The van der Waals surface area contributed by atoms with Gasteiger partial charge >= 0.3 is 0 Å². The summed E-state index contributed by atoms with van der Waals surface area (Å²) in [6.45, 7) is 2.11. The molecule has 0 saturated heterocycles. The van der Waals surface area contributed by atoms with Crippen LogP contribution in [0.3, 0.4) is 0 Å². The van der Waals surface area contributed by atoms with Gasteiger partial charge in [0, 0.05) is 30.9 Å². The Morgan fingerprint density at radius 2 is 1.96 bits per heavy atom. The number of rotatable bonds is 7. The SMILES string of the molecule is CC(Oc1ccccc1)C(=O)NCCc1noc(-c2ccncc2)n1. The number of amides is 1. The molecule has 25 heavy (non-hydrogen) atoms. The number of nitrogens with one attached hydrogen (secondary N) is 1. The van der Waals surface area contributed by atoms with E-state index < -0.39 is 6.10 Å². The molecule has 1 unspecified atom stereocenters. The van der Waals surface area contributed by atoms with Gasteiger partial charge in [-0.1, -0.05) is 23.4 Å². The van der Waals surface area contributed by atoms with E-state index in [9.17, 15) is 4.79 Å². The lowest BCUT2D eigenvalue weighted by molar-refractivity contribution is -0.127. The van der Waals surface area contributed by atoms with Crippen molar-refractivity contribution < 1.29 is 14.1 Å². The van der Waals surface area contributed by atoms with Crippen LogP contribution in [-0.2, 0) is 11.2 Å². The molecule has 1 aromatic carbocycles. The first-order valence-corrected chi connectivity index (χ1v) is 7.95. The summed E-state index contributed by atoms with van der Waals surface area (Å²) in [6.07, 6.45) is 3.21. The predicted octanol–water partition coefficient (Wildman–Crippen LogP) is 2.26. The zero-order chi connectivity index (χ0) is 17.5. The maximum absolute atomic E-state index is 12.1. The van der Waals surface area contributed by atoms with E-state index in [0.717, 1.165) is 5.56 Å². The van der Waals surface area contributed by atoms with Crippen molar-refractivity contribution in [3.8, 4) is 17.2 Å². The monoisotopic (exact) mass is 338 g/mol. The lowest BCUT2D eigenvalue weighted by Crippen LogP contribution is -2.37. The maximum Gasteiger partial charge on any atom is 0.260 e. The van der Waals surface area contributed by atoms with Gasteiger partial charge in [0.05, 0.1) is 0 Å². The van der Waals surface area contributed by atoms with Crippen LogP contribution in [0.1, 0.15) is 12.7 Å². The van der Waals surface area contributed by atoms with Crippen molar-refractivity contribution in [2.75, 3.05) is 6.54 Å². The molecule has 1 amide bonds. The molecule has 0 radical (unpaired) electrons. The summed E-state index contributed by atoms with van der Waals surface area (Å²) >= 11 is 0. The number of para-hydroxylation sites is 1. The Kier molecular flexibility index (Phi) is 5.36.